The highest BCUT2D eigenvalue weighted by molar-refractivity contribution is 5.86. The summed E-state index contributed by atoms with van der Waals surface area (Å²) >= 11 is 0. The number of pyridine rings is 2. The molecule has 21 nitrogen and oxygen atoms in total. The Morgan fingerprint density at radius 3 is 1.28 bits per heavy atom. The van der Waals surface area contributed by atoms with Crippen molar-refractivity contribution in [1.29, 1.82) is 0 Å². The maximum Gasteiger partial charge on any atom is 0.401 e. The number of aliphatic hydroxyl groups excluding tert-OH is 1. The lowest BCUT2D eigenvalue weighted by atomic mass is 10.1. The quantitative estimate of drug-likeness (QED) is 0.0429. The van der Waals surface area contributed by atoms with Crippen molar-refractivity contribution in [2.24, 2.45) is 7.05 Å². The van der Waals surface area contributed by atoms with Crippen LogP contribution in [0.5, 0.6) is 34.5 Å². The van der Waals surface area contributed by atoms with Gasteiger partial charge in [0.25, 0.3) is 0 Å². The standard InChI is InChI=1S/C26H28F3N5O2.C26H29N5O2.C23H22N4O3/c1-33-10-7-18(16-33)25-15-31-23-6-5-19(13-24(23)32-25)34(9-4-8-30-17-26(27,28)29)20-11-21(35-2)14-22(12-20)36-3;1-18(2)28-11-12-31(21-13-22(32-3)16-23(14-21)33-4)20-5-6-24-25(15-20)30-26(17-29-24)19-7-9-27-10-8-19;1-29-19-10-18(11-20(13-19)30-2)27(8-9-28)17-5-6-21-22(12-17)26-23(15-25-21)16-4-3-7-24-14-16/h5-7,10-16,30H,4,8-9,17H2,1-3H3;5-10,13-18,28H,11-12H2,1-4H3;3-7,10-15,28H,8-9H2,1-2H3. The second-order valence-corrected chi connectivity index (χ2v) is 23.0. The van der Waals surface area contributed by atoms with Crippen LogP contribution in [0.2, 0.25) is 0 Å². The molecular formula is C75H79F3N14O7. The van der Waals surface area contributed by atoms with Crippen LogP contribution in [0, 0.1) is 0 Å². The number of fused-ring (bicyclic) bond motifs is 3. The Hall–Kier alpha value is -11.2. The molecule has 12 rings (SSSR count). The maximum atomic E-state index is 12.5. The van der Waals surface area contributed by atoms with E-state index in [9.17, 15) is 18.3 Å². The molecule has 0 bridgehead atoms. The molecule has 6 aromatic heterocycles. The summed E-state index contributed by atoms with van der Waals surface area (Å²) < 4.78 is 72.2. The summed E-state index contributed by atoms with van der Waals surface area (Å²) in [5.74, 6) is 4.05. The Kier molecular flexibility index (Phi) is 24.0. The van der Waals surface area contributed by atoms with Crippen LogP contribution in [0.25, 0.3) is 66.9 Å². The van der Waals surface area contributed by atoms with Gasteiger partial charge in [-0.1, -0.05) is 13.8 Å². The topological polar surface area (TPSA) is 217 Å². The lowest BCUT2D eigenvalue weighted by Gasteiger charge is -2.27. The van der Waals surface area contributed by atoms with Crippen LogP contribution in [-0.4, -0.2) is 150 Å². The lowest BCUT2D eigenvalue weighted by Crippen LogP contribution is -2.32. The van der Waals surface area contributed by atoms with Crippen LogP contribution in [-0.2, 0) is 7.05 Å². The number of rotatable bonds is 26. The van der Waals surface area contributed by atoms with E-state index in [2.05, 4.69) is 66.4 Å². The molecule has 0 aliphatic rings. The molecule has 3 N–H and O–H groups in total. The molecule has 12 aromatic rings. The predicted molar refractivity (Wildman–Crippen MR) is 383 cm³/mol. The van der Waals surface area contributed by atoms with E-state index in [4.69, 9.17) is 43.4 Å². The third-order valence-corrected chi connectivity index (χ3v) is 15.8. The highest BCUT2D eigenvalue weighted by atomic mass is 19.4. The summed E-state index contributed by atoms with van der Waals surface area (Å²) in [5, 5.41) is 15.6. The number of nitrogens with zero attached hydrogens (tertiary/aromatic N) is 12. The van der Waals surface area contributed by atoms with Crippen molar-refractivity contribution in [3.8, 4) is 68.3 Å². The first-order valence-corrected chi connectivity index (χ1v) is 31.9. The number of aryl methyl sites for hydroxylation is 1. The third kappa shape index (κ3) is 18.9. The van der Waals surface area contributed by atoms with Gasteiger partial charge in [0.15, 0.2) is 0 Å². The van der Waals surface area contributed by atoms with Crippen molar-refractivity contribution in [2.75, 3.05) is 103 Å². The fraction of sp³-hybridized carbons (Fsp3) is 0.253. The monoisotopic (exact) mass is 1340 g/mol. The molecule has 0 atom stereocenters. The summed E-state index contributed by atoms with van der Waals surface area (Å²) in [6.07, 6.45) is 12.5. The van der Waals surface area contributed by atoms with Gasteiger partial charge in [-0.05, 0) is 97.9 Å². The fourth-order valence-corrected chi connectivity index (χ4v) is 10.8. The van der Waals surface area contributed by atoms with Gasteiger partial charge in [0.05, 0.1) is 125 Å². The van der Waals surface area contributed by atoms with E-state index in [0.717, 1.165) is 120 Å². The molecule has 512 valence electrons. The SMILES string of the molecule is COc1cc(OC)cc(N(CCCNCC(F)(F)F)c2ccc3ncc(-c4ccn(C)c4)nc3c2)c1.COc1cc(OC)cc(N(CCNC(C)C)c2ccc3ncc(-c4ccncc4)nc3c2)c1.COc1cc(OC)cc(N(CCO)c2ccc3ncc(-c4cccnc4)nc3c2)c1. The van der Waals surface area contributed by atoms with Gasteiger partial charge in [-0.15, -0.1) is 0 Å². The molecule has 0 saturated carbocycles. The van der Waals surface area contributed by atoms with Crippen LogP contribution in [0.15, 0.2) is 195 Å². The molecule has 6 heterocycles. The van der Waals surface area contributed by atoms with Gasteiger partial charge in [0.2, 0.25) is 0 Å². The van der Waals surface area contributed by atoms with E-state index in [1.807, 2.05) is 155 Å². The van der Waals surface area contributed by atoms with Crippen molar-refractivity contribution >= 4 is 67.2 Å². The fourth-order valence-electron chi connectivity index (χ4n) is 10.8. The van der Waals surface area contributed by atoms with E-state index in [0.29, 0.717) is 54.1 Å². The molecule has 6 aromatic carbocycles. The first-order chi connectivity index (χ1) is 48.0. The van der Waals surface area contributed by atoms with E-state index in [1.54, 1.807) is 92.1 Å². The first-order valence-electron chi connectivity index (χ1n) is 31.9. The zero-order valence-corrected chi connectivity index (χ0v) is 56.6. The van der Waals surface area contributed by atoms with Gasteiger partial charge >= 0.3 is 6.18 Å². The molecule has 99 heavy (non-hydrogen) atoms. The molecule has 0 radical (unpaired) electrons. The molecular weight excluding hydrogens is 1270 g/mol. The number of aliphatic hydroxyl groups is 1. The minimum absolute atomic E-state index is 0.0149. The molecule has 0 aliphatic heterocycles. The summed E-state index contributed by atoms with van der Waals surface area (Å²) in [5.41, 5.74) is 15.2. The number of halogens is 3. The Labute approximate surface area is 572 Å². The summed E-state index contributed by atoms with van der Waals surface area (Å²) in [7, 11) is 11.6. The molecule has 24 heteroatoms. The van der Waals surface area contributed by atoms with Gasteiger partial charge in [-0.25, -0.2) is 15.0 Å². The summed E-state index contributed by atoms with van der Waals surface area (Å²) in [4.78, 5) is 42.6. The number of nitrogens with one attached hydrogen (secondary N) is 2. The van der Waals surface area contributed by atoms with E-state index in [1.165, 1.54) is 0 Å². The molecule has 0 unspecified atom stereocenters. The van der Waals surface area contributed by atoms with Crippen molar-refractivity contribution in [3.63, 3.8) is 0 Å². The molecule has 0 spiro atoms. The average molecular weight is 1350 g/mol. The van der Waals surface area contributed by atoms with E-state index < -0.39 is 12.7 Å². The van der Waals surface area contributed by atoms with Crippen LogP contribution < -0.4 is 53.8 Å². The van der Waals surface area contributed by atoms with Gasteiger partial charge in [-0.2, -0.15) is 13.2 Å². The van der Waals surface area contributed by atoms with Crippen molar-refractivity contribution in [2.45, 2.75) is 32.5 Å². The van der Waals surface area contributed by atoms with Crippen molar-refractivity contribution in [1.82, 2.24) is 55.1 Å². The van der Waals surface area contributed by atoms with Gasteiger partial charge in [-0.3, -0.25) is 24.9 Å². The number of methoxy groups -OCH3 is 6. The zero-order chi connectivity index (χ0) is 69.8. The number of alkyl halides is 3. The highest BCUT2D eigenvalue weighted by Crippen LogP contribution is 2.38. The molecule has 0 fully saturated rings. The van der Waals surface area contributed by atoms with Crippen LogP contribution in [0.3, 0.4) is 0 Å². The largest absolute Gasteiger partial charge is 0.497 e. The van der Waals surface area contributed by atoms with Gasteiger partial charge in [0, 0.05) is 182 Å². The average Bonchev–Trinajstić information content (AvgIpc) is 0.972. The Morgan fingerprint density at radius 2 is 0.889 bits per heavy atom. The third-order valence-electron chi connectivity index (χ3n) is 15.8. The van der Waals surface area contributed by atoms with Crippen LogP contribution in [0.1, 0.15) is 20.3 Å². The van der Waals surface area contributed by atoms with Crippen molar-refractivity contribution < 1.29 is 46.7 Å². The number of ether oxygens (including phenoxy) is 6. The maximum absolute atomic E-state index is 12.5. The minimum atomic E-state index is -4.24. The second-order valence-electron chi connectivity index (χ2n) is 23.0. The van der Waals surface area contributed by atoms with Crippen molar-refractivity contribution in [3.05, 3.63) is 195 Å². The number of hydrogen-bond donors (Lipinski definition) is 3. The number of hydrogen-bond acceptors (Lipinski definition) is 20. The van der Waals surface area contributed by atoms with Crippen LogP contribution >= 0.6 is 0 Å². The predicted octanol–water partition coefficient (Wildman–Crippen LogP) is 14.0. The number of aromatic nitrogens is 9. The molecule has 0 aliphatic carbocycles. The number of benzene rings is 6. The minimum Gasteiger partial charge on any atom is -0.497 e. The zero-order valence-electron chi connectivity index (χ0n) is 56.6. The Morgan fingerprint density at radius 1 is 0.455 bits per heavy atom. The molecule has 0 saturated heterocycles. The smallest absolute Gasteiger partial charge is 0.401 e. The lowest BCUT2D eigenvalue weighted by molar-refractivity contribution is -0.124. The molecule has 0 amide bonds. The number of anilines is 6. The van der Waals surface area contributed by atoms with Gasteiger partial charge in [0.1, 0.15) is 34.5 Å². The highest BCUT2D eigenvalue weighted by Gasteiger charge is 2.26. The van der Waals surface area contributed by atoms with Crippen LogP contribution in [0.4, 0.5) is 47.3 Å². The van der Waals surface area contributed by atoms with Gasteiger partial charge < -0.3 is 63.4 Å². The Balaban J connectivity index is 0.000000161. The summed E-state index contributed by atoms with van der Waals surface area (Å²) in [6.45, 7) is 5.90. The van der Waals surface area contributed by atoms with E-state index >= 15 is 0 Å². The van der Waals surface area contributed by atoms with E-state index in [-0.39, 0.29) is 13.2 Å². The normalized spacial score (nSPS) is 11.2. The second kappa shape index (κ2) is 33.6. The Bertz CT molecular complexity index is 4540. The first kappa shape index (κ1) is 70.6. The summed E-state index contributed by atoms with van der Waals surface area (Å²) in [6, 6.07) is 44.8.